The van der Waals surface area contributed by atoms with Crippen LogP contribution in [0.4, 0.5) is 0 Å². The Kier molecular flexibility index (Phi) is 5.30. The topological polar surface area (TPSA) is 88.2 Å². The molecule has 2 rings (SSSR count). The standard InChI is InChI=1S/C15H21N3O3/c1-21-17-12-9-13(15(16)20)18(10-12)8-7-14(19)11-5-3-2-4-6-11/h2-6,13-14,19H,7-10H2,1H3,(H2,16,20)/t13?,14-/m1/s1. The quantitative estimate of drug-likeness (QED) is 0.754. The van der Waals surface area contributed by atoms with Crippen LogP contribution in [0.3, 0.4) is 0 Å². The Bertz CT molecular complexity index is 504. The number of nitrogens with zero attached hydrogens (tertiary/aromatic N) is 2. The van der Waals surface area contributed by atoms with Gasteiger partial charge in [-0.25, -0.2) is 0 Å². The molecule has 1 heterocycles. The number of aliphatic hydroxyl groups excluding tert-OH is 1. The fourth-order valence-corrected chi connectivity index (χ4v) is 2.60. The van der Waals surface area contributed by atoms with Crippen LogP contribution in [-0.4, -0.2) is 47.9 Å². The third kappa shape index (κ3) is 4.03. The summed E-state index contributed by atoms with van der Waals surface area (Å²) in [5.41, 5.74) is 7.10. The Balaban J connectivity index is 1.95. The van der Waals surface area contributed by atoms with E-state index in [-0.39, 0.29) is 11.9 Å². The van der Waals surface area contributed by atoms with Crippen LogP contribution in [0.1, 0.15) is 24.5 Å². The Labute approximate surface area is 124 Å². The number of benzene rings is 1. The fourth-order valence-electron chi connectivity index (χ4n) is 2.60. The van der Waals surface area contributed by atoms with E-state index in [1.54, 1.807) is 0 Å². The molecule has 0 aromatic heterocycles. The fraction of sp³-hybridized carbons (Fsp3) is 0.467. The first-order valence-corrected chi connectivity index (χ1v) is 6.97. The van der Waals surface area contributed by atoms with E-state index in [1.807, 2.05) is 35.2 Å². The van der Waals surface area contributed by atoms with Crippen LogP contribution in [0, 0.1) is 0 Å². The number of carbonyl (C=O) groups is 1. The highest BCUT2D eigenvalue weighted by atomic mass is 16.6. The number of amides is 1. The maximum absolute atomic E-state index is 11.5. The summed E-state index contributed by atoms with van der Waals surface area (Å²) < 4.78 is 0. The van der Waals surface area contributed by atoms with Crippen LogP contribution in [0.15, 0.2) is 35.5 Å². The average Bonchev–Trinajstić information content (AvgIpc) is 2.89. The lowest BCUT2D eigenvalue weighted by Gasteiger charge is -2.22. The summed E-state index contributed by atoms with van der Waals surface area (Å²) in [5.74, 6) is -0.370. The van der Waals surface area contributed by atoms with E-state index in [1.165, 1.54) is 7.11 Å². The van der Waals surface area contributed by atoms with Crippen molar-refractivity contribution in [3.8, 4) is 0 Å². The smallest absolute Gasteiger partial charge is 0.235 e. The highest BCUT2D eigenvalue weighted by Crippen LogP contribution is 2.21. The number of carbonyl (C=O) groups excluding carboxylic acids is 1. The molecule has 1 fully saturated rings. The van der Waals surface area contributed by atoms with E-state index in [4.69, 9.17) is 10.6 Å². The van der Waals surface area contributed by atoms with Crippen molar-refractivity contribution >= 4 is 11.6 Å². The zero-order chi connectivity index (χ0) is 15.2. The lowest BCUT2D eigenvalue weighted by Crippen LogP contribution is -2.41. The molecule has 6 heteroatoms. The summed E-state index contributed by atoms with van der Waals surface area (Å²) in [5, 5.41) is 14.1. The molecule has 1 aromatic carbocycles. The number of hydrogen-bond donors (Lipinski definition) is 2. The second kappa shape index (κ2) is 7.19. The van der Waals surface area contributed by atoms with Crippen LogP contribution >= 0.6 is 0 Å². The predicted molar refractivity (Wildman–Crippen MR) is 79.6 cm³/mol. The summed E-state index contributed by atoms with van der Waals surface area (Å²) in [6.45, 7) is 1.12. The van der Waals surface area contributed by atoms with Crippen molar-refractivity contribution in [3.63, 3.8) is 0 Å². The van der Waals surface area contributed by atoms with E-state index in [9.17, 15) is 9.90 Å². The van der Waals surface area contributed by atoms with Gasteiger partial charge in [0, 0.05) is 19.5 Å². The summed E-state index contributed by atoms with van der Waals surface area (Å²) >= 11 is 0. The monoisotopic (exact) mass is 291 g/mol. The maximum atomic E-state index is 11.5. The molecule has 3 N–H and O–H groups in total. The minimum Gasteiger partial charge on any atom is -0.399 e. The van der Waals surface area contributed by atoms with Crippen molar-refractivity contribution in [3.05, 3.63) is 35.9 Å². The summed E-state index contributed by atoms with van der Waals surface area (Å²) in [4.78, 5) is 18.2. The molecular weight excluding hydrogens is 270 g/mol. The first kappa shape index (κ1) is 15.5. The van der Waals surface area contributed by atoms with Crippen LogP contribution in [0.25, 0.3) is 0 Å². The van der Waals surface area contributed by atoms with E-state index in [0.717, 1.165) is 11.3 Å². The molecule has 1 unspecified atom stereocenters. The number of likely N-dealkylation sites (tertiary alicyclic amines) is 1. The molecule has 0 saturated carbocycles. The third-order valence-corrected chi connectivity index (χ3v) is 3.68. The normalized spacial score (nSPS) is 22.4. The van der Waals surface area contributed by atoms with Crippen molar-refractivity contribution in [1.82, 2.24) is 4.90 Å². The highest BCUT2D eigenvalue weighted by molar-refractivity contribution is 5.95. The van der Waals surface area contributed by atoms with E-state index >= 15 is 0 Å². The van der Waals surface area contributed by atoms with Gasteiger partial charge in [0.25, 0.3) is 0 Å². The minimum absolute atomic E-state index is 0.370. The molecule has 0 bridgehead atoms. The van der Waals surface area contributed by atoms with Gasteiger partial charge < -0.3 is 15.7 Å². The third-order valence-electron chi connectivity index (χ3n) is 3.68. The van der Waals surface area contributed by atoms with Gasteiger partial charge in [0.2, 0.25) is 5.91 Å². The Hall–Kier alpha value is -1.92. The van der Waals surface area contributed by atoms with Gasteiger partial charge in [-0.1, -0.05) is 35.5 Å². The van der Waals surface area contributed by atoms with Crippen molar-refractivity contribution in [2.45, 2.75) is 25.0 Å². The molecule has 1 amide bonds. The van der Waals surface area contributed by atoms with Gasteiger partial charge in [-0.15, -0.1) is 0 Å². The van der Waals surface area contributed by atoms with Crippen LogP contribution in [0.2, 0.25) is 0 Å². The van der Waals surface area contributed by atoms with Crippen molar-refractivity contribution in [2.75, 3.05) is 20.2 Å². The largest absolute Gasteiger partial charge is 0.399 e. The van der Waals surface area contributed by atoms with Gasteiger partial charge >= 0.3 is 0 Å². The number of rotatable bonds is 6. The molecule has 6 nitrogen and oxygen atoms in total. The number of nitrogens with two attached hydrogens (primary N) is 1. The molecule has 1 saturated heterocycles. The van der Waals surface area contributed by atoms with Gasteiger partial charge in [-0.3, -0.25) is 9.69 Å². The molecule has 2 atom stereocenters. The molecule has 1 aliphatic heterocycles. The van der Waals surface area contributed by atoms with Crippen molar-refractivity contribution in [1.29, 1.82) is 0 Å². The number of hydrogen-bond acceptors (Lipinski definition) is 5. The number of primary amides is 1. The highest BCUT2D eigenvalue weighted by Gasteiger charge is 2.33. The van der Waals surface area contributed by atoms with E-state index < -0.39 is 6.10 Å². The van der Waals surface area contributed by atoms with E-state index in [0.29, 0.717) is 25.9 Å². The summed E-state index contributed by atoms with van der Waals surface area (Å²) in [6, 6.07) is 9.10. The minimum atomic E-state index is -0.553. The van der Waals surface area contributed by atoms with Crippen LogP contribution < -0.4 is 5.73 Å². The van der Waals surface area contributed by atoms with Crippen LogP contribution in [0.5, 0.6) is 0 Å². The Morgan fingerprint density at radius 2 is 2.24 bits per heavy atom. The van der Waals surface area contributed by atoms with Crippen molar-refractivity contribution in [2.24, 2.45) is 10.9 Å². The molecule has 114 valence electrons. The summed E-state index contributed by atoms with van der Waals surface area (Å²) in [7, 11) is 1.48. The number of oxime groups is 1. The molecule has 0 aliphatic carbocycles. The van der Waals surface area contributed by atoms with Gasteiger partial charge in [0.1, 0.15) is 7.11 Å². The zero-order valence-electron chi connectivity index (χ0n) is 12.1. The van der Waals surface area contributed by atoms with Gasteiger partial charge in [-0.05, 0) is 12.0 Å². The van der Waals surface area contributed by atoms with Gasteiger partial charge in [0.05, 0.1) is 17.9 Å². The molecule has 1 aromatic rings. The molecule has 0 radical (unpaired) electrons. The van der Waals surface area contributed by atoms with Gasteiger partial charge in [0.15, 0.2) is 0 Å². The predicted octanol–water partition coefficient (Wildman–Crippen LogP) is 0.672. The molecule has 0 spiro atoms. The second-order valence-corrected chi connectivity index (χ2v) is 5.15. The van der Waals surface area contributed by atoms with Crippen LogP contribution in [-0.2, 0) is 9.63 Å². The SMILES string of the molecule is CON=C1CC(C(N)=O)N(CC[C@@H](O)c2ccccc2)C1. The first-order chi connectivity index (χ1) is 10.1. The average molecular weight is 291 g/mol. The molecule has 1 aliphatic rings. The summed E-state index contributed by atoms with van der Waals surface area (Å²) in [6.07, 6.45) is 0.474. The first-order valence-electron chi connectivity index (χ1n) is 6.97. The lowest BCUT2D eigenvalue weighted by atomic mass is 10.1. The maximum Gasteiger partial charge on any atom is 0.235 e. The van der Waals surface area contributed by atoms with E-state index in [2.05, 4.69) is 5.16 Å². The van der Waals surface area contributed by atoms with Crippen molar-refractivity contribution < 1.29 is 14.7 Å². The van der Waals surface area contributed by atoms with Gasteiger partial charge in [-0.2, -0.15) is 0 Å². The lowest BCUT2D eigenvalue weighted by molar-refractivity contribution is -0.122. The zero-order valence-corrected chi connectivity index (χ0v) is 12.1. The Morgan fingerprint density at radius 3 is 2.86 bits per heavy atom. The molecular formula is C15H21N3O3. The second-order valence-electron chi connectivity index (χ2n) is 5.15. The number of aliphatic hydroxyl groups is 1. The molecule has 21 heavy (non-hydrogen) atoms. The Morgan fingerprint density at radius 1 is 1.52 bits per heavy atom.